The average molecular weight is 244 g/mol. The van der Waals surface area contributed by atoms with Gasteiger partial charge in [-0.05, 0) is 19.1 Å². The van der Waals surface area contributed by atoms with Crippen molar-refractivity contribution in [3.63, 3.8) is 0 Å². The summed E-state index contributed by atoms with van der Waals surface area (Å²) in [6, 6.07) is 7.38. The topological polar surface area (TPSA) is 72.3 Å². The molecule has 0 atom stereocenters. The van der Waals surface area contributed by atoms with Gasteiger partial charge in [-0.2, -0.15) is 0 Å². The highest BCUT2D eigenvalue weighted by atomic mass is 16.5. The molecule has 0 bridgehead atoms. The first kappa shape index (κ1) is 12.0. The zero-order valence-corrected chi connectivity index (χ0v) is 9.83. The van der Waals surface area contributed by atoms with E-state index in [1.807, 2.05) is 31.2 Å². The molecule has 5 nitrogen and oxygen atoms in total. The lowest BCUT2D eigenvalue weighted by molar-refractivity contribution is 0.0696. The lowest BCUT2D eigenvalue weighted by Crippen LogP contribution is -2.01. The predicted molar refractivity (Wildman–Crippen MR) is 65.6 cm³/mol. The maximum absolute atomic E-state index is 10.7. The zero-order valence-electron chi connectivity index (χ0n) is 9.83. The normalized spacial score (nSPS) is 10.1. The second-order valence-electron chi connectivity index (χ2n) is 3.53. The molecule has 0 fully saturated rings. The summed E-state index contributed by atoms with van der Waals surface area (Å²) < 4.78 is 5.47. The lowest BCUT2D eigenvalue weighted by atomic mass is 10.2. The number of hydrogen-bond acceptors (Lipinski definition) is 4. The molecule has 1 aromatic heterocycles. The van der Waals surface area contributed by atoms with E-state index in [1.54, 1.807) is 0 Å². The largest absolute Gasteiger partial charge is 0.493 e. The lowest BCUT2D eigenvalue weighted by Gasteiger charge is -2.08. The van der Waals surface area contributed by atoms with Gasteiger partial charge in [-0.1, -0.05) is 12.1 Å². The third-order valence-electron chi connectivity index (χ3n) is 2.33. The molecule has 0 aliphatic heterocycles. The molecule has 92 valence electrons. The highest BCUT2D eigenvalue weighted by molar-refractivity contribution is 5.87. The second kappa shape index (κ2) is 5.27. The molecule has 0 radical (unpaired) electrons. The van der Waals surface area contributed by atoms with Gasteiger partial charge in [0.05, 0.1) is 17.7 Å². The van der Waals surface area contributed by atoms with Crippen molar-refractivity contribution in [2.24, 2.45) is 0 Å². The van der Waals surface area contributed by atoms with Crippen LogP contribution in [-0.4, -0.2) is 27.7 Å². The molecule has 1 N–H and O–H groups in total. The number of aromatic carboxylic acids is 1. The Morgan fingerprint density at radius 2 is 1.94 bits per heavy atom. The Bertz CT molecular complexity index is 552. The van der Waals surface area contributed by atoms with Gasteiger partial charge < -0.3 is 9.84 Å². The fraction of sp³-hybridized carbons (Fsp3) is 0.154. The Morgan fingerprint density at radius 3 is 2.56 bits per heavy atom. The van der Waals surface area contributed by atoms with Gasteiger partial charge in [0.25, 0.3) is 0 Å². The average Bonchev–Trinajstić information content (AvgIpc) is 2.40. The van der Waals surface area contributed by atoms with E-state index < -0.39 is 5.97 Å². The smallest absolute Gasteiger partial charge is 0.338 e. The van der Waals surface area contributed by atoms with Crippen LogP contribution in [0, 0.1) is 0 Å². The van der Waals surface area contributed by atoms with Crippen LogP contribution in [0.4, 0.5) is 0 Å². The summed E-state index contributed by atoms with van der Waals surface area (Å²) in [4.78, 5) is 18.8. The van der Waals surface area contributed by atoms with Gasteiger partial charge in [0.15, 0.2) is 5.82 Å². The molecule has 2 rings (SSSR count). The van der Waals surface area contributed by atoms with Crippen molar-refractivity contribution in [3.05, 3.63) is 42.2 Å². The van der Waals surface area contributed by atoms with E-state index in [4.69, 9.17) is 9.84 Å². The second-order valence-corrected chi connectivity index (χ2v) is 3.53. The third-order valence-corrected chi connectivity index (χ3v) is 2.33. The van der Waals surface area contributed by atoms with Crippen LogP contribution in [0.1, 0.15) is 17.3 Å². The first-order chi connectivity index (χ1) is 8.72. The van der Waals surface area contributed by atoms with Gasteiger partial charge in [-0.15, -0.1) is 0 Å². The Morgan fingerprint density at radius 1 is 1.28 bits per heavy atom. The van der Waals surface area contributed by atoms with E-state index in [2.05, 4.69) is 9.97 Å². The molecule has 18 heavy (non-hydrogen) atoms. The number of nitrogens with zero attached hydrogens (tertiary/aromatic N) is 2. The molecule has 2 aromatic rings. The number of hydrogen-bond donors (Lipinski definition) is 1. The number of carboxylic acids is 1. The van der Waals surface area contributed by atoms with E-state index in [-0.39, 0.29) is 5.56 Å². The minimum absolute atomic E-state index is 0.0626. The Hall–Kier alpha value is -2.43. The molecule has 0 spiro atoms. The third kappa shape index (κ3) is 2.45. The van der Waals surface area contributed by atoms with Gasteiger partial charge in [0.2, 0.25) is 0 Å². The summed E-state index contributed by atoms with van der Waals surface area (Å²) in [5, 5.41) is 8.78. The molecular weight excluding hydrogens is 232 g/mol. The van der Waals surface area contributed by atoms with E-state index in [9.17, 15) is 4.79 Å². The Balaban J connectivity index is 2.39. The molecule has 0 unspecified atom stereocenters. The molecular formula is C13H12N2O3. The summed E-state index contributed by atoms with van der Waals surface area (Å²) in [6.07, 6.45) is 2.57. The predicted octanol–water partition coefficient (Wildman–Crippen LogP) is 2.24. The SMILES string of the molecule is CCOc1ccccc1-c1ncc(C(=O)O)cn1. The summed E-state index contributed by atoms with van der Waals surface area (Å²) in [7, 11) is 0. The zero-order chi connectivity index (χ0) is 13.0. The molecule has 0 aliphatic rings. The minimum Gasteiger partial charge on any atom is -0.493 e. The monoisotopic (exact) mass is 244 g/mol. The summed E-state index contributed by atoms with van der Waals surface area (Å²) >= 11 is 0. The van der Waals surface area contributed by atoms with Crippen molar-refractivity contribution in [1.82, 2.24) is 9.97 Å². The molecule has 0 saturated carbocycles. The minimum atomic E-state index is -1.04. The van der Waals surface area contributed by atoms with Crippen molar-refractivity contribution < 1.29 is 14.6 Å². The molecule has 1 aromatic carbocycles. The van der Waals surface area contributed by atoms with Crippen molar-refractivity contribution in [2.45, 2.75) is 6.92 Å². The Kier molecular flexibility index (Phi) is 3.52. The summed E-state index contributed by atoms with van der Waals surface area (Å²) in [6.45, 7) is 2.44. The quantitative estimate of drug-likeness (QED) is 0.892. The van der Waals surface area contributed by atoms with Crippen LogP contribution in [0.2, 0.25) is 0 Å². The van der Waals surface area contributed by atoms with E-state index >= 15 is 0 Å². The van der Waals surface area contributed by atoms with Gasteiger partial charge in [0, 0.05) is 12.4 Å². The molecule has 0 amide bonds. The Labute approximate surface area is 104 Å². The number of para-hydroxylation sites is 1. The number of aromatic nitrogens is 2. The van der Waals surface area contributed by atoms with Crippen LogP contribution in [0.25, 0.3) is 11.4 Å². The van der Waals surface area contributed by atoms with Crippen molar-refractivity contribution in [3.8, 4) is 17.1 Å². The van der Waals surface area contributed by atoms with E-state index in [1.165, 1.54) is 12.4 Å². The maximum Gasteiger partial charge on any atom is 0.338 e. The highest BCUT2D eigenvalue weighted by Crippen LogP contribution is 2.26. The van der Waals surface area contributed by atoms with Gasteiger partial charge in [-0.3, -0.25) is 0 Å². The number of benzene rings is 1. The molecule has 1 heterocycles. The molecule has 0 saturated heterocycles. The first-order valence-electron chi connectivity index (χ1n) is 5.50. The van der Waals surface area contributed by atoms with Crippen LogP contribution in [-0.2, 0) is 0 Å². The highest BCUT2D eigenvalue weighted by Gasteiger charge is 2.09. The van der Waals surface area contributed by atoms with E-state index in [0.29, 0.717) is 18.2 Å². The number of ether oxygens (including phenoxy) is 1. The fourth-order valence-electron chi connectivity index (χ4n) is 1.51. The van der Waals surface area contributed by atoms with Gasteiger partial charge in [-0.25, -0.2) is 14.8 Å². The first-order valence-corrected chi connectivity index (χ1v) is 5.50. The molecule has 0 aliphatic carbocycles. The number of rotatable bonds is 4. The van der Waals surface area contributed by atoms with Crippen LogP contribution in [0.15, 0.2) is 36.7 Å². The van der Waals surface area contributed by atoms with Crippen LogP contribution < -0.4 is 4.74 Å². The van der Waals surface area contributed by atoms with Crippen molar-refractivity contribution >= 4 is 5.97 Å². The van der Waals surface area contributed by atoms with Crippen LogP contribution >= 0.6 is 0 Å². The van der Waals surface area contributed by atoms with Crippen LogP contribution in [0.5, 0.6) is 5.75 Å². The van der Waals surface area contributed by atoms with Gasteiger partial charge >= 0.3 is 5.97 Å². The van der Waals surface area contributed by atoms with Crippen molar-refractivity contribution in [1.29, 1.82) is 0 Å². The van der Waals surface area contributed by atoms with Crippen molar-refractivity contribution in [2.75, 3.05) is 6.61 Å². The molecule has 5 heteroatoms. The van der Waals surface area contributed by atoms with E-state index in [0.717, 1.165) is 5.56 Å². The number of carbonyl (C=O) groups is 1. The summed E-state index contributed by atoms with van der Waals surface area (Å²) in [5.74, 6) is 0.0896. The standard InChI is InChI=1S/C13H12N2O3/c1-2-18-11-6-4-3-5-10(11)12-14-7-9(8-15-12)13(16)17/h3-8H,2H2,1H3,(H,16,17). The van der Waals surface area contributed by atoms with Gasteiger partial charge in [0.1, 0.15) is 5.75 Å². The number of carboxylic acid groups (broad SMARTS) is 1. The maximum atomic E-state index is 10.7. The fourth-order valence-corrected chi connectivity index (χ4v) is 1.51. The summed E-state index contributed by atoms with van der Waals surface area (Å²) in [5.41, 5.74) is 0.809. The van der Waals surface area contributed by atoms with Crippen LogP contribution in [0.3, 0.4) is 0 Å².